The molecular weight excluding hydrogens is 413 g/mol. The minimum atomic E-state index is -5.12. The number of carbonyl (C=O) groups is 1. The molecule has 1 aromatic heterocycles. The molecule has 2 amide bonds. The summed E-state index contributed by atoms with van der Waals surface area (Å²) in [5.74, 6) is -0.339. The summed E-state index contributed by atoms with van der Waals surface area (Å²) in [5, 5.41) is 0.176. The Bertz CT molecular complexity index is 954. The van der Waals surface area contributed by atoms with E-state index in [2.05, 4.69) is 13.7 Å². The number of carbonyl (C=O) groups excluding carboxylic acids is 1. The van der Waals surface area contributed by atoms with Gasteiger partial charge in [0.1, 0.15) is 5.84 Å². The van der Waals surface area contributed by atoms with Crippen LogP contribution in [0.25, 0.3) is 0 Å². The van der Waals surface area contributed by atoms with E-state index >= 15 is 0 Å². The predicted octanol–water partition coefficient (Wildman–Crippen LogP) is -4.21. The number of nitrogens with zero attached hydrogens (tertiary/aromatic N) is 4. The van der Waals surface area contributed by atoms with Crippen molar-refractivity contribution < 1.29 is 60.0 Å². The Morgan fingerprint density at radius 1 is 1.30 bits per heavy atom. The molecule has 2 aliphatic rings. The zero-order valence-corrected chi connectivity index (χ0v) is 17.8. The summed E-state index contributed by atoms with van der Waals surface area (Å²) >= 11 is 0. The van der Waals surface area contributed by atoms with Crippen molar-refractivity contribution in [2.75, 3.05) is 6.54 Å². The Morgan fingerprint density at radius 3 is 2.59 bits per heavy atom. The second-order valence-electron chi connectivity index (χ2n) is 5.65. The summed E-state index contributed by atoms with van der Waals surface area (Å²) in [6, 6.07) is 1.83. The second kappa shape index (κ2) is 7.98. The number of hydroxylamine groups is 2. The number of amides is 2. The Morgan fingerprint density at radius 2 is 2.00 bits per heavy atom. The van der Waals surface area contributed by atoms with Crippen molar-refractivity contribution in [1.82, 2.24) is 14.9 Å². The fourth-order valence-corrected chi connectivity index (χ4v) is 4.20. The van der Waals surface area contributed by atoms with E-state index in [1.807, 2.05) is 0 Å². The summed E-state index contributed by atoms with van der Waals surface area (Å²) in [6.07, 6.45) is 1.76. The van der Waals surface area contributed by atoms with E-state index in [9.17, 15) is 26.2 Å². The van der Waals surface area contributed by atoms with Crippen LogP contribution in [0.2, 0.25) is 0 Å². The van der Waals surface area contributed by atoms with E-state index < -0.39 is 38.5 Å². The molecule has 2 fully saturated rings. The standard InChI is InChI=1S/C12H15N5O7S2.Na/c13-11(15-25(19,20)10-3-1-2-6-14-10)9-5-4-8-7-16(9)12(18)17(8)24-26(21,22)23;/h1-3,6,8-9H,4-5,7H2,(H2,13,15)(H,21,22,23);/q;+1/p-1/t8-,9+;/m1./s1. The Balaban J connectivity index is 0.00000261. The molecule has 0 aliphatic carbocycles. The number of rotatable bonds is 5. The number of urea groups is 1. The quantitative estimate of drug-likeness (QED) is 0.160. The zero-order valence-electron chi connectivity index (χ0n) is 14.1. The molecule has 0 spiro atoms. The molecular formula is C12H14N5NaO7S2. The summed E-state index contributed by atoms with van der Waals surface area (Å²) in [6.45, 7) is 0.0267. The van der Waals surface area contributed by atoms with Crippen LogP contribution in [0.15, 0.2) is 33.8 Å². The van der Waals surface area contributed by atoms with E-state index in [1.165, 1.54) is 24.4 Å². The number of nitrogens with two attached hydrogens (primary N) is 1. The SMILES string of the molecule is N/C(=N\S(=O)(=O)c1ccccn1)[C@@H]1CC[C@@H]2CN1C(=O)N2OS(=O)(=O)[O-].[Na+]. The predicted molar refractivity (Wildman–Crippen MR) is 84.6 cm³/mol. The second-order valence-corrected chi connectivity index (χ2v) is 8.17. The van der Waals surface area contributed by atoms with Crippen molar-refractivity contribution in [2.24, 2.45) is 10.1 Å². The largest absolute Gasteiger partial charge is 1.00 e. The molecule has 0 radical (unpaired) electrons. The first-order valence-electron chi connectivity index (χ1n) is 7.35. The van der Waals surface area contributed by atoms with Gasteiger partial charge in [-0.3, -0.25) is 0 Å². The molecule has 2 aliphatic heterocycles. The van der Waals surface area contributed by atoms with Crippen molar-refractivity contribution in [3.63, 3.8) is 0 Å². The van der Waals surface area contributed by atoms with Gasteiger partial charge in [0.2, 0.25) is 10.4 Å². The third kappa shape index (κ3) is 4.77. The van der Waals surface area contributed by atoms with Gasteiger partial charge in [0.25, 0.3) is 0 Å². The van der Waals surface area contributed by atoms with Gasteiger partial charge in [-0.1, -0.05) is 6.07 Å². The Hall–Kier alpha value is -1.29. The molecule has 3 heterocycles. The molecule has 2 saturated heterocycles. The van der Waals surface area contributed by atoms with Crippen LogP contribution >= 0.6 is 0 Å². The summed E-state index contributed by atoms with van der Waals surface area (Å²) in [5.41, 5.74) is 5.80. The summed E-state index contributed by atoms with van der Waals surface area (Å²) in [4.78, 5) is 17.1. The van der Waals surface area contributed by atoms with Gasteiger partial charge >= 0.3 is 45.6 Å². The molecule has 3 rings (SSSR count). The molecule has 2 atom stereocenters. The number of hydrogen-bond donors (Lipinski definition) is 1. The van der Waals surface area contributed by atoms with Gasteiger partial charge in [0.05, 0.1) is 12.1 Å². The molecule has 27 heavy (non-hydrogen) atoms. The molecule has 0 unspecified atom stereocenters. The van der Waals surface area contributed by atoms with Crippen LogP contribution in [0.1, 0.15) is 12.8 Å². The Kier molecular flexibility index (Phi) is 6.51. The number of sulfonamides is 1. The first-order valence-corrected chi connectivity index (χ1v) is 10.1. The number of fused-ring (bicyclic) bond motifs is 2. The van der Waals surface area contributed by atoms with Crippen LogP contribution in [0.4, 0.5) is 4.79 Å². The van der Waals surface area contributed by atoms with Crippen molar-refractivity contribution in [1.29, 1.82) is 0 Å². The van der Waals surface area contributed by atoms with Crippen LogP contribution in [-0.2, 0) is 24.7 Å². The van der Waals surface area contributed by atoms with Crippen molar-refractivity contribution in [3.05, 3.63) is 24.4 Å². The van der Waals surface area contributed by atoms with Crippen LogP contribution in [0.5, 0.6) is 0 Å². The van der Waals surface area contributed by atoms with E-state index in [4.69, 9.17) is 5.73 Å². The fraction of sp³-hybridized carbons (Fsp3) is 0.417. The third-order valence-electron chi connectivity index (χ3n) is 3.96. The molecule has 0 aromatic carbocycles. The molecule has 1 aromatic rings. The average molecular weight is 427 g/mol. The molecule has 2 bridgehead atoms. The van der Waals surface area contributed by atoms with Gasteiger partial charge < -0.3 is 15.2 Å². The van der Waals surface area contributed by atoms with E-state index in [1.54, 1.807) is 0 Å². The number of aromatic nitrogens is 1. The van der Waals surface area contributed by atoms with Crippen LogP contribution in [0.3, 0.4) is 0 Å². The van der Waals surface area contributed by atoms with Gasteiger partial charge in [-0.15, -0.1) is 4.40 Å². The number of pyridine rings is 1. The molecule has 12 nitrogen and oxygen atoms in total. The van der Waals surface area contributed by atoms with E-state index in [-0.39, 0.29) is 59.8 Å². The first kappa shape index (κ1) is 22.0. The van der Waals surface area contributed by atoms with E-state index in [0.717, 1.165) is 4.90 Å². The monoisotopic (exact) mass is 427 g/mol. The van der Waals surface area contributed by atoms with Crippen LogP contribution in [0, 0.1) is 0 Å². The van der Waals surface area contributed by atoms with Gasteiger partial charge in [-0.25, -0.2) is 18.2 Å². The minimum absolute atomic E-state index is 0. The molecule has 142 valence electrons. The maximum absolute atomic E-state index is 12.3. The Labute approximate surface area is 177 Å². The van der Waals surface area contributed by atoms with Crippen molar-refractivity contribution >= 4 is 32.3 Å². The normalized spacial score (nSPS) is 23.3. The smallest absolute Gasteiger partial charge is 0.724 e. The maximum Gasteiger partial charge on any atom is 1.00 e. The fourth-order valence-electron chi connectivity index (χ4n) is 2.88. The van der Waals surface area contributed by atoms with E-state index in [0.29, 0.717) is 5.06 Å². The number of hydrogen-bond acceptors (Lipinski definition) is 8. The van der Waals surface area contributed by atoms with Gasteiger partial charge in [0, 0.05) is 12.7 Å². The molecule has 15 heteroatoms. The third-order valence-corrected chi connectivity index (χ3v) is 5.53. The molecule has 0 saturated carbocycles. The number of piperidine rings is 1. The van der Waals surface area contributed by atoms with Crippen molar-refractivity contribution in [3.8, 4) is 0 Å². The zero-order chi connectivity index (χ0) is 19.1. The number of amidine groups is 1. The summed E-state index contributed by atoms with van der Waals surface area (Å²) < 4.78 is 64.4. The van der Waals surface area contributed by atoms with Crippen LogP contribution < -0.4 is 35.3 Å². The maximum atomic E-state index is 12.3. The minimum Gasteiger partial charge on any atom is -0.724 e. The van der Waals surface area contributed by atoms with Gasteiger partial charge in [-0.05, 0) is 25.0 Å². The van der Waals surface area contributed by atoms with Crippen molar-refractivity contribution in [2.45, 2.75) is 30.0 Å². The summed E-state index contributed by atoms with van der Waals surface area (Å²) in [7, 11) is -9.28. The van der Waals surface area contributed by atoms with Gasteiger partial charge in [-0.2, -0.15) is 17.8 Å². The van der Waals surface area contributed by atoms with Crippen LogP contribution in [-0.4, -0.2) is 66.8 Å². The first-order chi connectivity index (χ1) is 12.1. The van der Waals surface area contributed by atoms with Gasteiger partial charge in [0.15, 0.2) is 5.03 Å². The molecule has 2 N–H and O–H groups in total. The topological polar surface area (TPSA) is 175 Å². The average Bonchev–Trinajstić information content (AvgIpc) is 2.79.